The van der Waals surface area contributed by atoms with Gasteiger partial charge in [0, 0.05) is 33.8 Å². The minimum atomic E-state index is 0.719. The normalized spacial score (nSPS) is 11.2. The Balaban J connectivity index is 1.01. The highest BCUT2D eigenvalue weighted by Gasteiger charge is 2.11. The fraction of sp³-hybridized carbons (Fsp3) is 0. The second-order valence-electron chi connectivity index (χ2n) is 12.5. The summed E-state index contributed by atoms with van der Waals surface area (Å²) in [4.78, 5) is 14.6. The number of nitrogens with zero attached hydrogens (tertiary/aromatic N) is 3. The molecule has 0 radical (unpaired) electrons. The second kappa shape index (κ2) is 12.7. The number of pyridine rings is 1. The number of fused-ring (bicyclic) bond motifs is 2. The molecular formula is C47H31N3. The first-order valence-corrected chi connectivity index (χ1v) is 16.8. The first-order valence-electron chi connectivity index (χ1n) is 16.8. The van der Waals surface area contributed by atoms with Gasteiger partial charge in [0.15, 0.2) is 5.82 Å². The molecule has 0 spiro atoms. The Hall–Kier alpha value is -6.71. The molecule has 2 heterocycles. The van der Waals surface area contributed by atoms with E-state index < -0.39 is 0 Å². The summed E-state index contributed by atoms with van der Waals surface area (Å²) in [7, 11) is 0. The Labute approximate surface area is 291 Å². The smallest absolute Gasteiger partial charge is 0.160 e. The standard InChI is InChI=1S/C47H31N3/c1-3-9-36(10-4-1)45-30-46(50-47(49-45)38-11-5-2-6-12-38)37-23-19-33(20-24-37)40-26-22-34-21-25-39(27-42(34)28-40)32-15-17-35(18-16-32)43-29-41-13-7-8-14-44(41)48-31-43/h1-31H. The quantitative estimate of drug-likeness (QED) is 0.182. The summed E-state index contributed by atoms with van der Waals surface area (Å²) in [5, 5.41) is 3.58. The minimum Gasteiger partial charge on any atom is -0.256 e. The molecule has 0 saturated heterocycles. The molecule has 234 valence electrons. The van der Waals surface area contributed by atoms with E-state index in [0.29, 0.717) is 0 Å². The number of hydrogen-bond acceptors (Lipinski definition) is 3. The van der Waals surface area contributed by atoms with Crippen LogP contribution < -0.4 is 0 Å². The molecule has 0 aliphatic carbocycles. The molecule has 2 aromatic heterocycles. The lowest BCUT2D eigenvalue weighted by Crippen LogP contribution is -1.95. The van der Waals surface area contributed by atoms with Crippen molar-refractivity contribution in [1.29, 1.82) is 0 Å². The van der Waals surface area contributed by atoms with Crippen molar-refractivity contribution in [2.75, 3.05) is 0 Å². The summed E-state index contributed by atoms with van der Waals surface area (Å²) >= 11 is 0. The van der Waals surface area contributed by atoms with Crippen molar-refractivity contribution in [3.63, 3.8) is 0 Å². The summed E-state index contributed by atoms with van der Waals surface area (Å²) in [6.45, 7) is 0. The van der Waals surface area contributed by atoms with Crippen LogP contribution in [0.2, 0.25) is 0 Å². The number of rotatable bonds is 6. The van der Waals surface area contributed by atoms with E-state index in [4.69, 9.17) is 9.97 Å². The minimum absolute atomic E-state index is 0.719. The van der Waals surface area contributed by atoms with Crippen LogP contribution in [0, 0.1) is 0 Å². The predicted octanol–water partition coefficient (Wildman–Crippen LogP) is 12.2. The summed E-state index contributed by atoms with van der Waals surface area (Å²) in [6, 6.07) is 63.9. The first-order chi connectivity index (χ1) is 24.7. The van der Waals surface area contributed by atoms with E-state index >= 15 is 0 Å². The predicted molar refractivity (Wildman–Crippen MR) is 207 cm³/mol. The van der Waals surface area contributed by atoms with Crippen LogP contribution in [-0.2, 0) is 0 Å². The molecule has 0 amide bonds. The lowest BCUT2D eigenvalue weighted by molar-refractivity contribution is 1.18. The van der Waals surface area contributed by atoms with Gasteiger partial charge in [-0.3, -0.25) is 4.98 Å². The van der Waals surface area contributed by atoms with Crippen LogP contribution in [0.4, 0.5) is 0 Å². The third-order valence-corrected chi connectivity index (χ3v) is 9.32. The van der Waals surface area contributed by atoms with Gasteiger partial charge in [-0.25, -0.2) is 9.97 Å². The highest BCUT2D eigenvalue weighted by Crippen LogP contribution is 2.33. The SMILES string of the molecule is c1ccc(-c2cc(-c3ccc(-c4ccc5ccc(-c6ccc(-c7cnc8ccccc8c7)cc6)cc5c4)cc3)nc(-c3ccccc3)n2)cc1. The highest BCUT2D eigenvalue weighted by molar-refractivity contribution is 5.91. The molecule has 0 unspecified atom stereocenters. The highest BCUT2D eigenvalue weighted by atomic mass is 14.9. The van der Waals surface area contributed by atoms with Crippen molar-refractivity contribution in [3.05, 3.63) is 188 Å². The van der Waals surface area contributed by atoms with Crippen molar-refractivity contribution in [2.45, 2.75) is 0 Å². The van der Waals surface area contributed by atoms with Crippen LogP contribution in [0.1, 0.15) is 0 Å². The van der Waals surface area contributed by atoms with Crippen molar-refractivity contribution < 1.29 is 0 Å². The van der Waals surface area contributed by atoms with E-state index in [2.05, 4.69) is 138 Å². The van der Waals surface area contributed by atoms with Crippen molar-refractivity contribution in [1.82, 2.24) is 15.0 Å². The Kier molecular flexibility index (Phi) is 7.49. The maximum atomic E-state index is 5.00. The van der Waals surface area contributed by atoms with Crippen molar-refractivity contribution in [2.24, 2.45) is 0 Å². The Morgan fingerprint density at radius 1 is 0.280 bits per heavy atom. The second-order valence-corrected chi connectivity index (χ2v) is 12.5. The van der Waals surface area contributed by atoms with Gasteiger partial charge >= 0.3 is 0 Å². The van der Waals surface area contributed by atoms with E-state index in [-0.39, 0.29) is 0 Å². The van der Waals surface area contributed by atoms with Gasteiger partial charge < -0.3 is 0 Å². The lowest BCUT2D eigenvalue weighted by atomic mass is 9.96. The number of hydrogen-bond donors (Lipinski definition) is 0. The van der Waals surface area contributed by atoms with E-state index in [1.165, 1.54) is 27.5 Å². The fourth-order valence-corrected chi connectivity index (χ4v) is 6.59. The summed E-state index contributed by atoms with van der Waals surface area (Å²) in [5.74, 6) is 0.719. The van der Waals surface area contributed by atoms with Gasteiger partial charge in [0.05, 0.1) is 16.9 Å². The van der Waals surface area contributed by atoms with Gasteiger partial charge in [0.25, 0.3) is 0 Å². The van der Waals surface area contributed by atoms with Gasteiger partial charge in [0.2, 0.25) is 0 Å². The van der Waals surface area contributed by atoms with Crippen LogP contribution >= 0.6 is 0 Å². The summed E-state index contributed by atoms with van der Waals surface area (Å²) < 4.78 is 0. The monoisotopic (exact) mass is 637 g/mol. The molecule has 9 aromatic rings. The summed E-state index contributed by atoms with van der Waals surface area (Å²) in [5.41, 5.74) is 12.9. The lowest BCUT2D eigenvalue weighted by Gasteiger charge is -2.11. The maximum Gasteiger partial charge on any atom is 0.160 e. The molecule has 3 heteroatoms. The fourth-order valence-electron chi connectivity index (χ4n) is 6.59. The zero-order valence-electron chi connectivity index (χ0n) is 27.2. The largest absolute Gasteiger partial charge is 0.256 e. The number of benzene rings is 7. The summed E-state index contributed by atoms with van der Waals surface area (Å²) in [6.07, 6.45) is 1.96. The third-order valence-electron chi connectivity index (χ3n) is 9.32. The molecule has 3 nitrogen and oxygen atoms in total. The van der Waals surface area contributed by atoms with Gasteiger partial charge in [-0.2, -0.15) is 0 Å². The number of para-hydroxylation sites is 1. The van der Waals surface area contributed by atoms with Gasteiger partial charge in [-0.05, 0) is 68.9 Å². The molecule has 0 aliphatic rings. The van der Waals surface area contributed by atoms with E-state index in [1.807, 2.05) is 54.7 Å². The zero-order valence-corrected chi connectivity index (χ0v) is 27.2. The van der Waals surface area contributed by atoms with Crippen LogP contribution in [0.25, 0.3) is 89.0 Å². The maximum absolute atomic E-state index is 5.00. The van der Waals surface area contributed by atoms with E-state index in [9.17, 15) is 0 Å². The average Bonchev–Trinajstić information content (AvgIpc) is 3.21. The Morgan fingerprint density at radius 3 is 1.36 bits per heavy atom. The van der Waals surface area contributed by atoms with Crippen LogP contribution in [0.15, 0.2) is 188 Å². The van der Waals surface area contributed by atoms with Crippen LogP contribution in [0.3, 0.4) is 0 Å². The Bertz CT molecular complexity index is 2550. The molecular weight excluding hydrogens is 607 g/mol. The van der Waals surface area contributed by atoms with Crippen LogP contribution in [0.5, 0.6) is 0 Å². The molecule has 0 aliphatic heterocycles. The van der Waals surface area contributed by atoms with Crippen LogP contribution in [-0.4, -0.2) is 15.0 Å². The molecule has 0 saturated carbocycles. The van der Waals surface area contributed by atoms with Gasteiger partial charge in [0.1, 0.15) is 0 Å². The topological polar surface area (TPSA) is 38.7 Å². The average molecular weight is 638 g/mol. The third kappa shape index (κ3) is 5.82. The van der Waals surface area contributed by atoms with Crippen molar-refractivity contribution in [3.8, 4) is 67.3 Å². The molecule has 0 atom stereocenters. The molecule has 7 aromatic carbocycles. The van der Waals surface area contributed by atoms with Gasteiger partial charge in [-0.1, -0.05) is 152 Å². The number of aromatic nitrogens is 3. The Morgan fingerprint density at radius 2 is 0.740 bits per heavy atom. The molecule has 50 heavy (non-hydrogen) atoms. The zero-order chi connectivity index (χ0) is 33.3. The molecule has 0 bridgehead atoms. The van der Waals surface area contributed by atoms with E-state index in [0.717, 1.165) is 61.5 Å². The van der Waals surface area contributed by atoms with Gasteiger partial charge in [-0.15, -0.1) is 0 Å². The van der Waals surface area contributed by atoms with Crippen molar-refractivity contribution >= 4 is 21.7 Å². The molecule has 0 N–H and O–H groups in total. The molecule has 9 rings (SSSR count). The first kappa shape index (κ1) is 29.4. The van der Waals surface area contributed by atoms with E-state index in [1.54, 1.807) is 0 Å². The molecule has 0 fully saturated rings.